The van der Waals surface area contributed by atoms with Gasteiger partial charge in [-0.25, -0.2) is 0 Å². The number of amides is 2. The molecule has 0 bridgehead atoms. The number of nitrogens with one attached hydrogen (secondary N) is 2. The van der Waals surface area contributed by atoms with E-state index in [1.807, 2.05) is 0 Å². The number of rotatable bonds is 11. The van der Waals surface area contributed by atoms with E-state index in [9.17, 15) is 9.59 Å². The van der Waals surface area contributed by atoms with Crippen molar-refractivity contribution >= 4 is 11.8 Å². The number of unbranched alkanes of at least 4 members (excludes halogenated alkanes) is 5. The molecular weight excluding hydrogens is 308 g/mol. The first-order valence-corrected chi connectivity index (χ1v) is 9.56. The normalized spacial score (nSPS) is 23.3. The summed E-state index contributed by atoms with van der Waals surface area (Å²) in [5.74, 6) is 0.101. The van der Waals surface area contributed by atoms with Crippen LogP contribution in [0.5, 0.6) is 0 Å². The monoisotopic (exact) mass is 340 g/mol. The molecule has 2 aliphatic rings. The molecule has 2 unspecified atom stereocenters. The van der Waals surface area contributed by atoms with Gasteiger partial charge in [0.15, 0.2) is 0 Å². The second-order valence-corrected chi connectivity index (χ2v) is 6.71. The molecule has 0 aliphatic carbocycles. The summed E-state index contributed by atoms with van der Waals surface area (Å²) in [7, 11) is 0. The zero-order valence-electron chi connectivity index (χ0n) is 14.7. The predicted molar refractivity (Wildman–Crippen MR) is 91.7 cm³/mol. The molecule has 0 aromatic carbocycles. The Hall–Kier alpha value is -1.14. The van der Waals surface area contributed by atoms with Gasteiger partial charge in [-0.05, 0) is 38.5 Å². The lowest BCUT2D eigenvalue weighted by Crippen LogP contribution is -2.34. The minimum Gasteiger partial charge on any atom is -0.368 e. The van der Waals surface area contributed by atoms with Crippen molar-refractivity contribution in [3.8, 4) is 0 Å². The van der Waals surface area contributed by atoms with E-state index in [2.05, 4.69) is 10.6 Å². The smallest absolute Gasteiger partial charge is 0.249 e. The predicted octanol–water partition coefficient (Wildman–Crippen LogP) is 1.92. The van der Waals surface area contributed by atoms with E-state index >= 15 is 0 Å². The van der Waals surface area contributed by atoms with E-state index in [1.165, 1.54) is 12.8 Å². The SMILES string of the molecule is O=C(NCCCCCCCCNC(=O)C1CCCO1)C1CCCO1. The minimum atomic E-state index is -0.213. The van der Waals surface area contributed by atoms with E-state index in [0.29, 0.717) is 13.2 Å². The molecule has 2 N–H and O–H groups in total. The lowest BCUT2D eigenvalue weighted by atomic mass is 10.1. The number of carbonyl (C=O) groups excluding carboxylic acids is 2. The first-order valence-electron chi connectivity index (χ1n) is 9.56. The fraction of sp³-hybridized carbons (Fsp3) is 0.889. The third-order valence-corrected chi connectivity index (χ3v) is 4.65. The van der Waals surface area contributed by atoms with Gasteiger partial charge in [-0.2, -0.15) is 0 Å². The summed E-state index contributed by atoms with van der Waals surface area (Å²) in [6.07, 6.45) is 9.93. The molecule has 6 nitrogen and oxygen atoms in total. The Kier molecular flexibility index (Phi) is 9.13. The molecule has 0 spiro atoms. The first kappa shape index (κ1) is 19.2. The van der Waals surface area contributed by atoms with E-state index < -0.39 is 0 Å². The van der Waals surface area contributed by atoms with Gasteiger partial charge in [0.2, 0.25) is 11.8 Å². The van der Waals surface area contributed by atoms with Gasteiger partial charge < -0.3 is 20.1 Å². The zero-order valence-corrected chi connectivity index (χ0v) is 14.7. The summed E-state index contributed by atoms with van der Waals surface area (Å²) < 4.78 is 10.7. The van der Waals surface area contributed by atoms with Crippen LogP contribution in [0.25, 0.3) is 0 Å². The maximum Gasteiger partial charge on any atom is 0.249 e. The zero-order chi connectivity index (χ0) is 17.0. The second kappa shape index (κ2) is 11.4. The fourth-order valence-corrected chi connectivity index (χ4v) is 3.18. The quantitative estimate of drug-likeness (QED) is 0.563. The summed E-state index contributed by atoms with van der Waals surface area (Å²) >= 11 is 0. The Bertz CT molecular complexity index is 341. The highest BCUT2D eigenvalue weighted by molar-refractivity contribution is 5.81. The van der Waals surface area contributed by atoms with Crippen LogP contribution < -0.4 is 10.6 Å². The lowest BCUT2D eigenvalue weighted by Gasteiger charge is -2.10. The van der Waals surface area contributed by atoms with Crippen LogP contribution in [0, 0.1) is 0 Å². The molecule has 2 rings (SSSR count). The van der Waals surface area contributed by atoms with Crippen LogP contribution in [0.2, 0.25) is 0 Å². The van der Waals surface area contributed by atoms with E-state index in [1.54, 1.807) is 0 Å². The third-order valence-electron chi connectivity index (χ3n) is 4.65. The molecule has 24 heavy (non-hydrogen) atoms. The van der Waals surface area contributed by atoms with Gasteiger partial charge in [0, 0.05) is 26.3 Å². The van der Waals surface area contributed by atoms with Crippen molar-refractivity contribution in [3.63, 3.8) is 0 Å². The molecule has 0 radical (unpaired) electrons. The number of hydrogen-bond donors (Lipinski definition) is 2. The maximum atomic E-state index is 11.7. The average Bonchev–Trinajstić information content (AvgIpc) is 3.29. The Morgan fingerprint density at radius 2 is 1.12 bits per heavy atom. The van der Waals surface area contributed by atoms with E-state index in [4.69, 9.17) is 9.47 Å². The van der Waals surface area contributed by atoms with Gasteiger partial charge in [-0.1, -0.05) is 25.7 Å². The van der Waals surface area contributed by atoms with Crippen LogP contribution in [0.3, 0.4) is 0 Å². The van der Waals surface area contributed by atoms with Crippen molar-refractivity contribution in [2.75, 3.05) is 26.3 Å². The Morgan fingerprint density at radius 3 is 1.50 bits per heavy atom. The van der Waals surface area contributed by atoms with Crippen molar-refractivity contribution in [1.82, 2.24) is 10.6 Å². The molecule has 2 fully saturated rings. The van der Waals surface area contributed by atoms with Gasteiger partial charge >= 0.3 is 0 Å². The number of ether oxygens (including phenoxy) is 2. The van der Waals surface area contributed by atoms with Crippen molar-refractivity contribution in [2.24, 2.45) is 0 Å². The topological polar surface area (TPSA) is 76.7 Å². The largest absolute Gasteiger partial charge is 0.368 e. The van der Waals surface area contributed by atoms with Crippen LogP contribution in [0.15, 0.2) is 0 Å². The molecule has 138 valence electrons. The maximum absolute atomic E-state index is 11.7. The highest BCUT2D eigenvalue weighted by Gasteiger charge is 2.23. The molecule has 0 saturated carbocycles. The third kappa shape index (κ3) is 7.18. The Labute approximate surface area is 145 Å². The summed E-state index contributed by atoms with van der Waals surface area (Å²) in [5, 5.41) is 5.90. The van der Waals surface area contributed by atoms with Gasteiger partial charge in [0.1, 0.15) is 12.2 Å². The molecular formula is C18H32N2O4. The first-order chi connectivity index (χ1) is 11.8. The second-order valence-electron chi connectivity index (χ2n) is 6.71. The number of hydrogen-bond acceptors (Lipinski definition) is 4. The van der Waals surface area contributed by atoms with Crippen LogP contribution in [-0.2, 0) is 19.1 Å². The van der Waals surface area contributed by atoms with Gasteiger partial charge in [0.05, 0.1) is 0 Å². The molecule has 2 amide bonds. The summed E-state index contributed by atoms with van der Waals surface area (Å²) in [6, 6.07) is 0. The summed E-state index contributed by atoms with van der Waals surface area (Å²) in [4.78, 5) is 23.4. The standard InChI is InChI=1S/C18H32N2O4/c21-17(15-9-7-13-23-15)19-11-5-3-1-2-4-6-12-20-18(22)16-10-8-14-24-16/h15-16H,1-14H2,(H,19,21)(H,20,22). The molecule has 2 aliphatic heterocycles. The highest BCUT2D eigenvalue weighted by atomic mass is 16.5. The van der Waals surface area contributed by atoms with Crippen molar-refractivity contribution < 1.29 is 19.1 Å². The average molecular weight is 340 g/mol. The van der Waals surface area contributed by atoms with Crippen molar-refractivity contribution in [3.05, 3.63) is 0 Å². The van der Waals surface area contributed by atoms with Crippen LogP contribution in [0.4, 0.5) is 0 Å². The summed E-state index contributed by atoms with van der Waals surface area (Å²) in [6.45, 7) is 2.92. The van der Waals surface area contributed by atoms with Gasteiger partial charge in [0.25, 0.3) is 0 Å². The minimum absolute atomic E-state index is 0.0504. The number of carbonyl (C=O) groups is 2. The molecule has 6 heteroatoms. The van der Waals surface area contributed by atoms with Gasteiger partial charge in [-0.3, -0.25) is 9.59 Å². The van der Waals surface area contributed by atoms with E-state index in [0.717, 1.165) is 64.5 Å². The molecule has 2 atom stereocenters. The van der Waals surface area contributed by atoms with Crippen molar-refractivity contribution in [1.29, 1.82) is 0 Å². The lowest BCUT2D eigenvalue weighted by molar-refractivity contribution is -0.130. The van der Waals surface area contributed by atoms with Crippen LogP contribution in [0.1, 0.15) is 64.2 Å². The highest BCUT2D eigenvalue weighted by Crippen LogP contribution is 2.12. The molecule has 2 saturated heterocycles. The summed E-state index contributed by atoms with van der Waals surface area (Å²) in [5.41, 5.74) is 0. The van der Waals surface area contributed by atoms with Crippen LogP contribution in [-0.4, -0.2) is 50.3 Å². The fourth-order valence-electron chi connectivity index (χ4n) is 3.18. The Balaban J connectivity index is 1.33. The molecule has 0 aromatic rings. The Morgan fingerprint density at radius 1 is 0.708 bits per heavy atom. The van der Waals surface area contributed by atoms with Gasteiger partial charge in [-0.15, -0.1) is 0 Å². The van der Waals surface area contributed by atoms with Crippen molar-refractivity contribution in [2.45, 2.75) is 76.4 Å². The van der Waals surface area contributed by atoms with E-state index in [-0.39, 0.29) is 24.0 Å². The molecule has 0 aromatic heterocycles. The molecule has 2 heterocycles. The van der Waals surface area contributed by atoms with Crippen LogP contribution >= 0.6 is 0 Å².